The largest absolute Gasteiger partial charge is 0.505 e. The van der Waals surface area contributed by atoms with Crippen molar-refractivity contribution in [1.29, 1.82) is 0 Å². The van der Waals surface area contributed by atoms with Gasteiger partial charge in [-0.15, -0.1) is 0 Å². The zero-order valence-corrected chi connectivity index (χ0v) is 14.2. The lowest BCUT2D eigenvalue weighted by Gasteiger charge is -2.09. The number of phenolic OH excluding ortho intramolecular Hbond substituents is 1. The van der Waals surface area contributed by atoms with Crippen molar-refractivity contribution in [2.45, 2.75) is 0 Å². The molecule has 12 heteroatoms. The molecule has 0 atom stereocenters. The van der Waals surface area contributed by atoms with Crippen LogP contribution in [0, 0.1) is 20.2 Å². The molecule has 0 radical (unpaired) electrons. The molecule has 0 saturated carbocycles. The van der Waals surface area contributed by atoms with E-state index >= 15 is 0 Å². The summed E-state index contributed by atoms with van der Waals surface area (Å²) in [6, 6.07) is 5.26. The second kappa shape index (κ2) is 7.85. The number of nitro benzene ring substituents is 2. The van der Waals surface area contributed by atoms with Gasteiger partial charge in [0.1, 0.15) is 0 Å². The van der Waals surface area contributed by atoms with Gasteiger partial charge in [-0.05, 0) is 18.2 Å². The lowest BCUT2D eigenvalue weighted by atomic mass is 10.2. The number of rotatable bonds is 6. The second-order valence-corrected chi connectivity index (χ2v) is 5.61. The smallest absolute Gasteiger partial charge is 0.317 e. The highest BCUT2D eigenvalue weighted by molar-refractivity contribution is 6.37. The summed E-state index contributed by atoms with van der Waals surface area (Å²) in [5, 5.41) is 33.3. The Labute approximate surface area is 155 Å². The maximum atomic E-state index is 11.9. The number of nitro groups is 2. The third-order valence-electron chi connectivity index (χ3n) is 3.01. The number of carbonyl (C=O) groups is 1. The number of ether oxygens (including phenoxy) is 1. The number of carbonyl (C=O) groups excluding carboxylic acids is 1. The number of nitrogens with zero attached hydrogens (tertiary/aromatic N) is 2. The van der Waals surface area contributed by atoms with Gasteiger partial charge < -0.3 is 15.2 Å². The quantitative estimate of drug-likeness (QED) is 0.427. The number of anilines is 1. The monoisotopic (exact) mass is 401 g/mol. The molecule has 0 unspecified atom stereocenters. The molecule has 2 rings (SSSR count). The van der Waals surface area contributed by atoms with Gasteiger partial charge in [-0.3, -0.25) is 25.0 Å². The van der Waals surface area contributed by atoms with E-state index < -0.39 is 33.7 Å². The van der Waals surface area contributed by atoms with Gasteiger partial charge in [-0.25, -0.2) is 0 Å². The van der Waals surface area contributed by atoms with E-state index in [1.165, 1.54) is 12.1 Å². The molecule has 0 aliphatic heterocycles. The zero-order valence-electron chi connectivity index (χ0n) is 12.6. The summed E-state index contributed by atoms with van der Waals surface area (Å²) in [5.41, 5.74) is -0.964. The molecule has 0 bridgehead atoms. The van der Waals surface area contributed by atoms with Gasteiger partial charge in [0.15, 0.2) is 18.1 Å². The Morgan fingerprint density at radius 1 is 1.12 bits per heavy atom. The standard InChI is InChI=1S/C14H9Cl2N3O7/c15-9-3-7(4-10(16)14(9)21)17-13(20)6-26-12-2-1-8(18(22)23)5-11(12)19(24)25/h1-5,21H,6H2,(H,17,20). The predicted molar refractivity (Wildman–Crippen MR) is 92.0 cm³/mol. The molecule has 1 amide bonds. The van der Waals surface area contributed by atoms with Crippen LogP contribution < -0.4 is 10.1 Å². The molecule has 0 aliphatic rings. The second-order valence-electron chi connectivity index (χ2n) is 4.79. The Kier molecular flexibility index (Phi) is 5.80. The summed E-state index contributed by atoms with van der Waals surface area (Å²) in [4.78, 5) is 31.9. The van der Waals surface area contributed by atoms with E-state index in [1.807, 2.05) is 0 Å². The molecule has 0 aromatic heterocycles. The van der Waals surface area contributed by atoms with Crippen LogP contribution in [0.25, 0.3) is 0 Å². The number of hydrogen-bond acceptors (Lipinski definition) is 7. The topological polar surface area (TPSA) is 145 Å². The molecular formula is C14H9Cl2N3O7. The van der Waals surface area contributed by atoms with Crippen molar-refractivity contribution in [3.8, 4) is 11.5 Å². The third kappa shape index (κ3) is 4.49. The van der Waals surface area contributed by atoms with Crippen molar-refractivity contribution in [2.24, 2.45) is 0 Å². The van der Waals surface area contributed by atoms with E-state index in [0.29, 0.717) is 0 Å². The summed E-state index contributed by atoms with van der Waals surface area (Å²) in [5.74, 6) is -1.35. The minimum absolute atomic E-state index is 0.0836. The number of amides is 1. The van der Waals surface area contributed by atoms with Gasteiger partial charge in [0.2, 0.25) is 0 Å². The number of benzene rings is 2. The minimum atomic E-state index is -0.861. The van der Waals surface area contributed by atoms with E-state index in [4.69, 9.17) is 27.9 Å². The molecule has 2 aromatic rings. The van der Waals surface area contributed by atoms with Crippen molar-refractivity contribution in [1.82, 2.24) is 0 Å². The highest BCUT2D eigenvalue weighted by Crippen LogP contribution is 2.35. The van der Waals surface area contributed by atoms with Crippen LogP contribution in [0.15, 0.2) is 30.3 Å². The molecular weight excluding hydrogens is 393 g/mol. The van der Waals surface area contributed by atoms with Crippen LogP contribution in [0.5, 0.6) is 11.5 Å². The van der Waals surface area contributed by atoms with Crippen molar-refractivity contribution < 1.29 is 24.5 Å². The molecule has 136 valence electrons. The average molecular weight is 402 g/mol. The first-order valence-corrected chi connectivity index (χ1v) is 7.48. The van der Waals surface area contributed by atoms with E-state index in [2.05, 4.69) is 5.32 Å². The van der Waals surface area contributed by atoms with E-state index in [0.717, 1.165) is 18.2 Å². The number of aromatic hydroxyl groups is 1. The Balaban J connectivity index is 2.10. The fourth-order valence-electron chi connectivity index (χ4n) is 1.86. The number of hydrogen-bond donors (Lipinski definition) is 2. The minimum Gasteiger partial charge on any atom is -0.505 e. The number of halogens is 2. The highest BCUT2D eigenvalue weighted by Gasteiger charge is 2.21. The van der Waals surface area contributed by atoms with Crippen LogP contribution in [0.3, 0.4) is 0 Å². The first kappa shape index (κ1) is 19.2. The van der Waals surface area contributed by atoms with Gasteiger partial charge in [0.05, 0.1) is 26.0 Å². The Bertz CT molecular complexity index is 881. The Morgan fingerprint density at radius 2 is 1.73 bits per heavy atom. The number of non-ortho nitro benzene ring substituents is 1. The normalized spacial score (nSPS) is 10.2. The fraction of sp³-hybridized carbons (Fsp3) is 0.0714. The molecule has 0 heterocycles. The fourth-order valence-corrected chi connectivity index (χ4v) is 2.35. The molecule has 2 N–H and O–H groups in total. The lowest BCUT2D eigenvalue weighted by molar-refractivity contribution is -0.394. The molecule has 0 fully saturated rings. The highest BCUT2D eigenvalue weighted by atomic mass is 35.5. The molecule has 2 aromatic carbocycles. The number of nitrogens with one attached hydrogen (secondary N) is 1. The summed E-state index contributed by atoms with van der Waals surface area (Å²) in [7, 11) is 0. The summed E-state index contributed by atoms with van der Waals surface area (Å²) in [6.45, 7) is -0.616. The first-order chi connectivity index (χ1) is 12.2. The lowest BCUT2D eigenvalue weighted by Crippen LogP contribution is -2.20. The van der Waals surface area contributed by atoms with Crippen molar-refractivity contribution >= 4 is 46.2 Å². The molecule has 10 nitrogen and oxygen atoms in total. The third-order valence-corrected chi connectivity index (χ3v) is 3.59. The van der Waals surface area contributed by atoms with Gasteiger partial charge in [-0.1, -0.05) is 23.2 Å². The van der Waals surface area contributed by atoms with Crippen LogP contribution in [0.1, 0.15) is 0 Å². The predicted octanol–water partition coefficient (Wildman–Crippen LogP) is 3.53. The zero-order chi connectivity index (χ0) is 19.4. The molecule has 0 aliphatic carbocycles. The summed E-state index contributed by atoms with van der Waals surface area (Å²) < 4.78 is 5.06. The van der Waals surface area contributed by atoms with Crippen molar-refractivity contribution in [3.05, 3.63) is 60.6 Å². The van der Waals surface area contributed by atoms with Crippen molar-refractivity contribution in [2.75, 3.05) is 11.9 Å². The van der Waals surface area contributed by atoms with Crippen LogP contribution in [-0.2, 0) is 4.79 Å². The van der Waals surface area contributed by atoms with E-state index in [9.17, 15) is 30.1 Å². The Morgan fingerprint density at radius 3 is 2.27 bits per heavy atom. The van der Waals surface area contributed by atoms with Crippen LogP contribution >= 0.6 is 23.2 Å². The SMILES string of the molecule is O=C(COc1ccc([N+](=O)[O-])cc1[N+](=O)[O-])Nc1cc(Cl)c(O)c(Cl)c1. The Hall–Kier alpha value is -3.11. The first-order valence-electron chi connectivity index (χ1n) is 6.72. The van der Waals surface area contributed by atoms with Gasteiger partial charge >= 0.3 is 5.69 Å². The molecule has 26 heavy (non-hydrogen) atoms. The van der Waals surface area contributed by atoms with Crippen LogP contribution in [-0.4, -0.2) is 27.5 Å². The summed E-state index contributed by atoms with van der Waals surface area (Å²) >= 11 is 11.4. The molecule has 0 spiro atoms. The van der Waals surface area contributed by atoms with Gasteiger partial charge in [0.25, 0.3) is 11.6 Å². The van der Waals surface area contributed by atoms with Gasteiger partial charge in [-0.2, -0.15) is 0 Å². The van der Waals surface area contributed by atoms with Gasteiger partial charge in [0, 0.05) is 11.8 Å². The van der Waals surface area contributed by atoms with Crippen molar-refractivity contribution in [3.63, 3.8) is 0 Å². The van der Waals surface area contributed by atoms with E-state index in [1.54, 1.807) is 0 Å². The maximum Gasteiger partial charge on any atom is 0.317 e. The maximum absolute atomic E-state index is 11.9. The average Bonchev–Trinajstić information content (AvgIpc) is 2.57. The van der Waals surface area contributed by atoms with E-state index in [-0.39, 0.29) is 27.2 Å². The van der Waals surface area contributed by atoms with Crippen LogP contribution in [0.2, 0.25) is 10.0 Å². The summed E-state index contributed by atoms with van der Waals surface area (Å²) in [6.07, 6.45) is 0. The number of phenols is 1. The van der Waals surface area contributed by atoms with Crippen LogP contribution in [0.4, 0.5) is 17.1 Å². The molecule has 0 saturated heterocycles.